The van der Waals surface area contributed by atoms with E-state index in [9.17, 15) is 13.2 Å². The van der Waals surface area contributed by atoms with E-state index in [0.717, 1.165) is 12.8 Å². The maximum Gasteiger partial charge on any atom is 0.407 e. The lowest BCUT2D eigenvalue weighted by Crippen LogP contribution is -2.40. The molecule has 1 atom stereocenters. The summed E-state index contributed by atoms with van der Waals surface area (Å²) in [5.41, 5.74) is 0. The van der Waals surface area contributed by atoms with Crippen LogP contribution in [0.25, 0.3) is 0 Å². The highest BCUT2D eigenvalue weighted by Crippen LogP contribution is 2.17. The SMILES string of the molecule is CCS(=O)(=O)OC[C@H]1CCCN(C(=O)O)C1. The third-order valence-electron chi connectivity index (χ3n) is 2.63. The predicted octanol–water partition coefficient (Wildman–Crippen LogP) is 0.743. The van der Waals surface area contributed by atoms with Gasteiger partial charge < -0.3 is 10.0 Å². The molecule has 1 heterocycles. The molecule has 0 spiro atoms. The summed E-state index contributed by atoms with van der Waals surface area (Å²) in [6.45, 7) is 2.47. The Morgan fingerprint density at radius 1 is 1.56 bits per heavy atom. The number of rotatable bonds is 4. The molecule has 0 saturated carbocycles. The van der Waals surface area contributed by atoms with Crippen LogP contribution in [0.15, 0.2) is 0 Å². The minimum Gasteiger partial charge on any atom is -0.465 e. The van der Waals surface area contributed by atoms with Crippen LogP contribution >= 0.6 is 0 Å². The zero-order chi connectivity index (χ0) is 12.2. The molecule has 0 bridgehead atoms. The first kappa shape index (κ1) is 13.2. The van der Waals surface area contributed by atoms with Crippen LogP contribution < -0.4 is 0 Å². The second kappa shape index (κ2) is 5.49. The highest BCUT2D eigenvalue weighted by Gasteiger charge is 2.24. The van der Waals surface area contributed by atoms with Crippen LogP contribution in [0, 0.1) is 5.92 Å². The third kappa shape index (κ3) is 3.97. The third-order valence-corrected chi connectivity index (χ3v) is 3.83. The van der Waals surface area contributed by atoms with Crippen molar-refractivity contribution in [1.29, 1.82) is 0 Å². The lowest BCUT2D eigenvalue weighted by atomic mass is 10.00. The van der Waals surface area contributed by atoms with Gasteiger partial charge in [0.25, 0.3) is 10.1 Å². The second-order valence-corrected chi connectivity index (χ2v) is 5.80. The van der Waals surface area contributed by atoms with Crippen molar-refractivity contribution in [3.63, 3.8) is 0 Å². The maximum atomic E-state index is 11.1. The van der Waals surface area contributed by atoms with Gasteiger partial charge in [-0.3, -0.25) is 4.18 Å². The maximum absolute atomic E-state index is 11.1. The fourth-order valence-electron chi connectivity index (χ4n) is 1.66. The highest BCUT2D eigenvalue weighted by atomic mass is 32.2. The first-order chi connectivity index (χ1) is 7.44. The van der Waals surface area contributed by atoms with E-state index in [-0.39, 0.29) is 18.3 Å². The lowest BCUT2D eigenvalue weighted by molar-refractivity contribution is 0.106. The van der Waals surface area contributed by atoms with Crippen LogP contribution in [0.1, 0.15) is 19.8 Å². The molecule has 0 aromatic rings. The molecule has 1 N–H and O–H groups in total. The van der Waals surface area contributed by atoms with Crippen molar-refractivity contribution in [2.24, 2.45) is 5.92 Å². The second-order valence-electron chi connectivity index (χ2n) is 3.87. The van der Waals surface area contributed by atoms with Crippen molar-refractivity contribution in [3.05, 3.63) is 0 Å². The lowest BCUT2D eigenvalue weighted by Gasteiger charge is -2.30. The number of carboxylic acid groups (broad SMARTS) is 1. The highest BCUT2D eigenvalue weighted by molar-refractivity contribution is 7.86. The summed E-state index contributed by atoms with van der Waals surface area (Å²) in [6, 6.07) is 0. The van der Waals surface area contributed by atoms with Crippen LogP contribution in [-0.2, 0) is 14.3 Å². The van der Waals surface area contributed by atoms with E-state index in [2.05, 4.69) is 0 Å². The molecule has 1 aliphatic heterocycles. The number of piperidine rings is 1. The van der Waals surface area contributed by atoms with Crippen molar-refractivity contribution in [2.75, 3.05) is 25.4 Å². The molecule has 0 aliphatic carbocycles. The number of hydrogen-bond acceptors (Lipinski definition) is 4. The van der Waals surface area contributed by atoms with Crippen molar-refractivity contribution < 1.29 is 22.5 Å². The zero-order valence-electron chi connectivity index (χ0n) is 9.26. The van der Waals surface area contributed by atoms with Gasteiger partial charge in [0.15, 0.2) is 0 Å². The Hall–Kier alpha value is -0.820. The average molecular weight is 251 g/mol. The van der Waals surface area contributed by atoms with Gasteiger partial charge in [-0.2, -0.15) is 8.42 Å². The van der Waals surface area contributed by atoms with Gasteiger partial charge in [0, 0.05) is 19.0 Å². The summed E-state index contributed by atoms with van der Waals surface area (Å²) in [5, 5.41) is 8.80. The molecule has 0 radical (unpaired) electrons. The fourth-order valence-corrected chi connectivity index (χ4v) is 2.22. The normalized spacial score (nSPS) is 22.1. The quantitative estimate of drug-likeness (QED) is 0.745. The topological polar surface area (TPSA) is 83.9 Å². The van der Waals surface area contributed by atoms with Crippen molar-refractivity contribution in [3.8, 4) is 0 Å². The molecule has 1 fully saturated rings. The molecule has 0 aromatic heterocycles. The molecular formula is C9H17NO5S. The Bertz CT molecular complexity index is 340. The molecule has 1 amide bonds. The number of nitrogens with zero attached hydrogens (tertiary/aromatic N) is 1. The van der Waals surface area contributed by atoms with Gasteiger partial charge >= 0.3 is 6.09 Å². The molecule has 94 valence electrons. The van der Waals surface area contributed by atoms with Gasteiger partial charge in [0.2, 0.25) is 0 Å². The monoisotopic (exact) mass is 251 g/mol. The van der Waals surface area contributed by atoms with E-state index < -0.39 is 16.2 Å². The molecule has 16 heavy (non-hydrogen) atoms. The summed E-state index contributed by atoms with van der Waals surface area (Å²) >= 11 is 0. The largest absolute Gasteiger partial charge is 0.465 e. The molecule has 1 saturated heterocycles. The summed E-state index contributed by atoms with van der Waals surface area (Å²) < 4.78 is 27.0. The van der Waals surface area contributed by atoms with Gasteiger partial charge in [-0.15, -0.1) is 0 Å². The molecule has 1 aliphatic rings. The van der Waals surface area contributed by atoms with Crippen LogP contribution in [0.2, 0.25) is 0 Å². The van der Waals surface area contributed by atoms with Gasteiger partial charge in [0.1, 0.15) is 0 Å². The Kier molecular flexibility index (Phi) is 4.55. The smallest absolute Gasteiger partial charge is 0.407 e. The Morgan fingerprint density at radius 3 is 2.81 bits per heavy atom. The number of hydrogen-bond donors (Lipinski definition) is 1. The summed E-state index contributed by atoms with van der Waals surface area (Å²) in [5.74, 6) is -0.0753. The standard InChI is InChI=1S/C9H17NO5S/c1-2-16(13,14)15-7-8-4-3-5-10(6-8)9(11)12/h8H,2-7H2,1H3,(H,11,12)/t8-/m0/s1. The molecule has 0 aromatic carbocycles. The minimum atomic E-state index is -3.42. The predicted molar refractivity (Wildman–Crippen MR) is 57.7 cm³/mol. The molecule has 7 heteroatoms. The van der Waals surface area contributed by atoms with Crippen molar-refractivity contribution in [2.45, 2.75) is 19.8 Å². The number of amides is 1. The molecule has 1 rings (SSSR count). The van der Waals surface area contributed by atoms with Gasteiger partial charge in [0.05, 0.1) is 12.4 Å². The molecular weight excluding hydrogens is 234 g/mol. The van der Waals surface area contributed by atoms with Crippen LogP contribution in [0.4, 0.5) is 4.79 Å². The van der Waals surface area contributed by atoms with Crippen LogP contribution in [0.3, 0.4) is 0 Å². The first-order valence-electron chi connectivity index (χ1n) is 5.29. The van der Waals surface area contributed by atoms with E-state index >= 15 is 0 Å². The van der Waals surface area contributed by atoms with Gasteiger partial charge in [-0.1, -0.05) is 0 Å². The van der Waals surface area contributed by atoms with E-state index in [1.54, 1.807) is 0 Å². The Labute approximate surface area is 95.3 Å². The molecule has 0 unspecified atom stereocenters. The summed E-state index contributed by atoms with van der Waals surface area (Å²) in [4.78, 5) is 12.0. The van der Waals surface area contributed by atoms with E-state index in [0.29, 0.717) is 13.1 Å². The van der Waals surface area contributed by atoms with Crippen LogP contribution in [0.5, 0.6) is 0 Å². The average Bonchev–Trinajstić information content (AvgIpc) is 2.27. The van der Waals surface area contributed by atoms with Crippen molar-refractivity contribution in [1.82, 2.24) is 4.90 Å². The minimum absolute atomic E-state index is 0.0221. The Morgan fingerprint density at radius 2 is 2.25 bits per heavy atom. The number of carbonyl (C=O) groups is 1. The van der Waals surface area contributed by atoms with Crippen LogP contribution in [-0.4, -0.2) is 50.0 Å². The van der Waals surface area contributed by atoms with Gasteiger partial charge in [-0.25, -0.2) is 4.79 Å². The van der Waals surface area contributed by atoms with Crippen molar-refractivity contribution >= 4 is 16.2 Å². The first-order valence-corrected chi connectivity index (χ1v) is 6.87. The van der Waals surface area contributed by atoms with E-state index in [4.69, 9.17) is 9.29 Å². The van der Waals surface area contributed by atoms with Gasteiger partial charge in [-0.05, 0) is 19.8 Å². The summed E-state index contributed by atoms with van der Waals surface area (Å²) in [6.07, 6.45) is 0.609. The fraction of sp³-hybridized carbons (Fsp3) is 0.889. The van der Waals surface area contributed by atoms with E-state index in [1.165, 1.54) is 11.8 Å². The molecule has 6 nitrogen and oxygen atoms in total. The summed E-state index contributed by atoms with van der Waals surface area (Å²) in [7, 11) is -3.42. The number of likely N-dealkylation sites (tertiary alicyclic amines) is 1. The zero-order valence-corrected chi connectivity index (χ0v) is 10.1. The van der Waals surface area contributed by atoms with E-state index in [1.807, 2.05) is 0 Å². The Balaban J connectivity index is 2.41.